The van der Waals surface area contributed by atoms with Crippen molar-refractivity contribution in [2.24, 2.45) is 0 Å². The fraction of sp³-hybridized carbons (Fsp3) is 0.370. The first-order valence-electron chi connectivity index (χ1n) is 11.6. The number of hydrogen-bond donors (Lipinski definition) is 1. The number of alkyl halides is 6. The number of allylic oxidation sites excluding steroid dienone is 1. The predicted molar refractivity (Wildman–Crippen MR) is 142 cm³/mol. The maximum atomic E-state index is 12.5. The second-order valence-corrected chi connectivity index (χ2v) is 9.36. The standard InChI is InChI=1S/C27H25F6IO6/c1-3-37-24(25(35)36)13-19-6-7-23(22(34)12-19)38-9-8-17(2)4-5-18-10-20(39-15-26(28,29)30)14-21(11-18)40-16-27(31,32)33/h6-8,10-12,14,24H,3,9,13,15-16H2,1-2H3,(H,35,36)/b17-8-/t24-/m0/s1. The summed E-state index contributed by atoms with van der Waals surface area (Å²) in [6.45, 7) is 0.478. The van der Waals surface area contributed by atoms with Crippen molar-refractivity contribution in [2.45, 2.75) is 38.7 Å². The van der Waals surface area contributed by atoms with Crippen molar-refractivity contribution in [1.29, 1.82) is 0 Å². The van der Waals surface area contributed by atoms with Crippen LogP contribution in [0.25, 0.3) is 0 Å². The van der Waals surface area contributed by atoms with Crippen LogP contribution >= 0.6 is 22.6 Å². The normalized spacial score (nSPS) is 12.8. The lowest BCUT2D eigenvalue weighted by Gasteiger charge is -2.13. The summed E-state index contributed by atoms with van der Waals surface area (Å²) in [5, 5.41) is 9.24. The lowest BCUT2D eigenvalue weighted by Crippen LogP contribution is -2.26. The maximum Gasteiger partial charge on any atom is 0.422 e. The van der Waals surface area contributed by atoms with Gasteiger partial charge in [-0.05, 0) is 77.9 Å². The Balaban J connectivity index is 2.09. The van der Waals surface area contributed by atoms with E-state index in [0.29, 0.717) is 11.3 Å². The number of carbonyl (C=O) groups is 1. The molecule has 0 radical (unpaired) electrons. The Morgan fingerprint density at radius 2 is 1.60 bits per heavy atom. The minimum atomic E-state index is -4.64. The van der Waals surface area contributed by atoms with Crippen LogP contribution in [0.2, 0.25) is 0 Å². The Labute approximate surface area is 240 Å². The molecule has 13 heteroatoms. The number of halogens is 7. The van der Waals surface area contributed by atoms with Gasteiger partial charge in [-0.2, -0.15) is 26.3 Å². The highest BCUT2D eigenvalue weighted by Crippen LogP contribution is 2.27. The topological polar surface area (TPSA) is 74.2 Å². The zero-order chi connectivity index (χ0) is 29.9. The molecule has 1 N–H and O–H groups in total. The van der Waals surface area contributed by atoms with Crippen molar-refractivity contribution >= 4 is 28.6 Å². The molecule has 0 amide bonds. The monoisotopic (exact) mass is 686 g/mol. The molecule has 0 aliphatic carbocycles. The van der Waals surface area contributed by atoms with E-state index in [-0.39, 0.29) is 36.7 Å². The van der Waals surface area contributed by atoms with Gasteiger partial charge in [0.15, 0.2) is 19.3 Å². The third-order valence-corrected chi connectivity index (χ3v) is 5.62. The smallest absolute Gasteiger partial charge is 0.422 e. The van der Waals surface area contributed by atoms with Crippen LogP contribution in [0.5, 0.6) is 17.2 Å². The van der Waals surface area contributed by atoms with E-state index < -0.39 is 37.6 Å². The van der Waals surface area contributed by atoms with E-state index in [0.717, 1.165) is 27.3 Å². The largest absolute Gasteiger partial charge is 0.488 e. The van der Waals surface area contributed by atoms with Crippen LogP contribution in [0.4, 0.5) is 26.3 Å². The molecule has 0 fully saturated rings. The highest BCUT2D eigenvalue weighted by Gasteiger charge is 2.30. The third-order valence-electron chi connectivity index (χ3n) is 4.78. The summed E-state index contributed by atoms with van der Waals surface area (Å²) in [4.78, 5) is 11.3. The molecule has 1 atom stereocenters. The Hall–Kier alpha value is -3.12. The summed E-state index contributed by atoms with van der Waals surface area (Å²) in [6.07, 6.45) is -8.41. The molecule has 0 heterocycles. The van der Waals surface area contributed by atoms with Gasteiger partial charge in [-0.1, -0.05) is 17.9 Å². The van der Waals surface area contributed by atoms with Crippen molar-refractivity contribution in [3.8, 4) is 29.1 Å². The van der Waals surface area contributed by atoms with Gasteiger partial charge in [-0.15, -0.1) is 0 Å². The lowest BCUT2D eigenvalue weighted by atomic mass is 10.1. The zero-order valence-corrected chi connectivity index (χ0v) is 23.4. The molecule has 2 aromatic rings. The van der Waals surface area contributed by atoms with E-state index in [4.69, 9.17) is 9.47 Å². The SMILES string of the molecule is CCO[C@@H](Cc1ccc(OC/C=C(/C)C#Cc2cc(OCC(F)(F)F)cc(OCC(F)(F)F)c2)c(I)c1)C(=O)O. The summed E-state index contributed by atoms with van der Waals surface area (Å²) in [5.41, 5.74) is 1.37. The molecule has 0 aromatic heterocycles. The molecule has 0 bridgehead atoms. The summed E-state index contributed by atoms with van der Waals surface area (Å²) in [6, 6.07) is 8.46. The first-order valence-corrected chi connectivity index (χ1v) is 12.7. The average Bonchev–Trinajstić information content (AvgIpc) is 2.85. The van der Waals surface area contributed by atoms with E-state index in [1.54, 1.807) is 38.1 Å². The molecule has 0 unspecified atom stereocenters. The minimum absolute atomic E-state index is 0.0855. The fourth-order valence-electron chi connectivity index (χ4n) is 3.04. The van der Waals surface area contributed by atoms with Gasteiger partial charge in [0.25, 0.3) is 0 Å². The van der Waals surface area contributed by atoms with Crippen LogP contribution in [0.1, 0.15) is 25.0 Å². The van der Waals surface area contributed by atoms with Gasteiger partial charge in [-0.3, -0.25) is 0 Å². The van der Waals surface area contributed by atoms with Gasteiger partial charge in [0.2, 0.25) is 0 Å². The summed E-state index contributed by atoms with van der Waals surface area (Å²) < 4.78 is 96.1. The summed E-state index contributed by atoms with van der Waals surface area (Å²) in [5.74, 6) is 4.22. The van der Waals surface area contributed by atoms with E-state index in [2.05, 4.69) is 43.9 Å². The highest BCUT2D eigenvalue weighted by atomic mass is 127. The molecule has 2 aromatic carbocycles. The van der Waals surface area contributed by atoms with Crippen molar-refractivity contribution in [2.75, 3.05) is 26.4 Å². The van der Waals surface area contributed by atoms with Crippen molar-refractivity contribution in [3.05, 3.63) is 62.7 Å². The van der Waals surface area contributed by atoms with E-state index in [1.165, 1.54) is 0 Å². The van der Waals surface area contributed by atoms with Gasteiger partial charge in [0.1, 0.15) is 23.9 Å². The van der Waals surface area contributed by atoms with Crippen LogP contribution in [0, 0.1) is 15.4 Å². The molecule has 0 spiro atoms. The molecule has 0 saturated carbocycles. The molecule has 0 aliphatic rings. The number of carboxylic acid groups (broad SMARTS) is 1. The van der Waals surface area contributed by atoms with Crippen molar-refractivity contribution in [3.63, 3.8) is 0 Å². The number of rotatable bonds is 12. The minimum Gasteiger partial charge on any atom is -0.488 e. The van der Waals surface area contributed by atoms with Gasteiger partial charge < -0.3 is 24.1 Å². The number of aliphatic carboxylic acids is 1. The quantitative estimate of drug-likeness (QED) is 0.155. The van der Waals surface area contributed by atoms with Gasteiger partial charge in [-0.25, -0.2) is 4.79 Å². The molecular formula is C27H25F6IO6. The number of carboxylic acids is 1. The number of hydrogen-bond acceptors (Lipinski definition) is 5. The second-order valence-electron chi connectivity index (χ2n) is 8.20. The summed E-state index contributed by atoms with van der Waals surface area (Å²) in [7, 11) is 0. The van der Waals surface area contributed by atoms with E-state index in [9.17, 15) is 36.2 Å². The lowest BCUT2D eigenvalue weighted by molar-refractivity contribution is -0.154. The van der Waals surface area contributed by atoms with Crippen molar-refractivity contribution < 1.29 is 55.2 Å². The van der Waals surface area contributed by atoms with Crippen LogP contribution < -0.4 is 14.2 Å². The Kier molecular flexibility index (Phi) is 12.4. The Morgan fingerprint density at radius 3 is 2.10 bits per heavy atom. The van der Waals surface area contributed by atoms with Crippen LogP contribution in [-0.4, -0.2) is 56.0 Å². The second kappa shape index (κ2) is 15.0. The van der Waals surface area contributed by atoms with Gasteiger partial charge in [0.05, 0.1) is 3.57 Å². The third kappa shape index (κ3) is 12.8. The van der Waals surface area contributed by atoms with Crippen LogP contribution in [-0.2, 0) is 16.0 Å². The number of benzene rings is 2. The predicted octanol–water partition coefficient (Wildman–Crippen LogP) is 6.58. The molecule has 218 valence electrons. The van der Waals surface area contributed by atoms with Gasteiger partial charge >= 0.3 is 18.3 Å². The van der Waals surface area contributed by atoms with Crippen LogP contribution in [0.3, 0.4) is 0 Å². The molecule has 2 rings (SSSR count). The first-order chi connectivity index (χ1) is 18.6. The van der Waals surface area contributed by atoms with Crippen LogP contribution in [0.15, 0.2) is 48.0 Å². The highest BCUT2D eigenvalue weighted by molar-refractivity contribution is 14.1. The Morgan fingerprint density at radius 1 is 1.00 bits per heavy atom. The average molecular weight is 686 g/mol. The summed E-state index contributed by atoms with van der Waals surface area (Å²) >= 11 is 2.06. The van der Waals surface area contributed by atoms with E-state index in [1.807, 2.05) is 0 Å². The van der Waals surface area contributed by atoms with Crippen molar-refractivity contribution in [1.82, 2.24) is 0 Å². The van der Waals surface area contributed by atoms with Gasteiger partial charge in [0, 0.05) is 24.7 Å². The Bertz CT molecular complexity index is 1210. The zero-order valence-electron chi connectivity index (χ0n) is 21.3. The molecule has 40 heavy (non-hydrogen) atoms. The number of ether oxygens (including phenoxy) is 4. The molecule has 0 saturated heterocycles. The molecular weight excluding hydrogens is 661 g/mol. The fourth-order valence-corrected chi connectivity index (χ4v) is 3.78. The van der Waals surface area contributed by atoms with E-state index >= 15 is 0 Å². The molecule has 0 aliphatic heterocycles. The maximum absolute atomic E-state index is 12.5. The first kappa shape index (κ1) is 33.1. The molecule has 6 nitrogen and oxygen atoms in total.